The minimum Gasteiger partial charge on any atom is -0.494 e. The van der Waals surface area contributed by atoms with Crippen molar-refractivity contribution in [3.63, 3.8) is 0 Å². The van der Waals surface area contributed by atoms with Crippen molar-refractivity contribution in [2.45, 2.75) is 39.3 Å². The molecular formula is C19H24N2O3S. The van der Waals surface area contributed by atoms with Crippen LogP contribution in [0.5, 0.6) is 5.75 Å². The summed E-state index contributed by atoms with van der Waals surface area (Å²) in [6, 6.07) is 8.01. The van der Waals surface area contributed by atoms with Gasteiger partial charge < -0.3 is 14.4 Å². The van der Waals surface area contributed by atoms with Crippen molar-refractivity contribution in [2.75, 3.05) is 19.8 Å². The topological polar surface area (TPSA) is 51.7 Å². The number of hydrogen-bond donors (Lipinski definition) is 0. The first-order valence-corrected chi connectivity index (χ1v) is 9.53. The van der Waals surface area contributed by atoms with Crippen LogP contribution in [0.1, 0.15) is 26.5 Å². The molecule has 0 N–H and O–H groups in total. The van der Waals surface area contributed by atoms with Gasteiger partial charge in [-0.25, -0.2) is 4.98 Å². The fraction of sp³-hybridized carbons (Fsp3) is 0.474. The van der Waals surface area contributed by atoms with Crippen LogP contribution in [0.4, 0.5) is 0 Å². The number of aromatic nitrogens is 1. The van der Waals surface area contributed by atoms with E-state index in [9.17, 15) is 4.79 Å². The van der Waals surface area contributed by atoms with E-state index in [0.29, 0.717) is 26.2 Å². The molecule has 25 heavy (non-hydrogen) atoms. The van der Waals surface area contributed by atoms with E-state index < -0.39 is 0 Å². The van der Waals surface area contributed by atoms with Crippen LogP contribution in [0.15, 0.2) is 29.6 Å². The summed E-state index contributed by atoms with van der Waals surface area (Å²) < 4.78 is 11.1. The molecule has 0 saturated carbocycles. The highest BCUT2D eigenvalue weighted by atomic mass is 32.1. The molecule has 6 heteroatoms. The van der Waals surface area contributed by atoms with Crippen LogP contribution in [0, 0.1) is 0 Å². The average molecular weight is 360 g/mol. The number of carbonyl (C=O) groups is 1. The third-order valence-electron chi connectivity index (χ3n) is 4.22. The molecule has 0 bridgehead atoms. The Morgan fingerprint density at radius 1 is 1.36 bits per heavy atom. The summed E-state index contributed by atoms with van der Waals surface area (Å²) in [5.74, 6) is 0.972. The number of rotatable bonds is 5. The molecule has 2 atom stereocenters. The lowest BCUT2D eigenvalue weighted by Crippen LogP contribution is -2.50. The lowest BCUT2D eigenvalue weighted by Gasteiger charge is -2.36. The number of hydrogen-bond acceptors (Lipinski definition) is 5. The molecule has 1 aromatic carbocycles. The van der Waals surface area contributed by atoms with E-state index in [-0.39, 0.29) is 18.1 Å². The van der Waals surface area contributed by atoms with Crippen molar-refractivity contribution < 1.29 is 14.3 Å². The van der Waals surface area contributed by atoms with Gasteiger partial charge in [0.05, 0.1) is 37.5 Å². The maximum Gasteiger partial charge on any atom is 0.229 e. The van der Waals surface area contributed by atoms with Crippen LogP contribution >= 0.6 is 11.3 Å². The molecule has 5 nitrogen and oxygen atoms in total. The molecule has 2 aromatic rings. The van der Waals surface area contributed by atoms with Crippen LogP contribution < -0.4 is 4.74 Å². The zero-order chi connectivity index (χ0) is 17.8. The monoisotopic (exact) mass is 360 g/mol. The predicted molar refractivity (Wildman–Crippen MR) is 99.0 cm³/mol. The Balaban J connectivity index is 1.66. The Bertz CT molecular complexity index is 714. The van der Waals surface area contributed by atoms with Crippen LogP contribution in [0.2, 0.25) is 0 Å². The first-order chi connectivity index (χ1) is 12.1. The van der Waals surface area contributed by atoms with Crippen molar-refractivity contribution in [1.82, 2.24) is 9.88 Å². The van der Waals surface area contributed by atoms with Gasteiger partial charge in [-0.05, 0) is 45.0 Å². The lowest BCUT2D eigenvalue weighted by atomic mass is 10.1. The number of amides is 1. The molecular weight excluding hydrogens is 336 g/mol. The SMILES string of the molecule is CCOc1ccc(-c2nc(CC(=O)N3CC(C)OCC3C)cs2)cc1. The van der Waals surface area contributed by atoms with Gasteiger partial charge in [0.2, 0.25) is 5.91 Å². The smallest absolute Gasteiger partial charge is 0.229 e. The molecule has 134 valence electrons. The van der Waals surface area contributed by atoms with E-state index in [0.717, 1.165) is 22.0 Å². The van der Waals surface area contributed by atoms with Crippen molar-refractivity contribution in [2.24, 2.45) is 0 Å². The summed E-state index contributed by atoms with van der Waals surface area (Å²) in [6.07, 6.45) is 0.430. The highest BCUT2D eigenvalue weighted by Gasteiger charge is 2.27. The summed E-state index contributed by atoms with van der Waals surface area (Å²) in [5.41, 5.74) is 1.87. The summed E-state index contributed by atoms with van der Waals surface area (Å²) >= 11 is 1.56. The second-order valence-electron chi connectivity index (χ2n) is 6.32. The molecule has 0 spiro atoms. The molecule has 0 aliphatic carbocycles. The van der Waals surface area contributed by atoms with Crippen molar-refractivity contribution >= 4 is 17.2 Å². The van der Waals surface area contributed by atoms with E-state index in [1.165, 1.54) is 0 Å². The quantitative estimate of drug-likeness (QED) is 0.820. The maximum absolute atomic E-state index is 12.6. The van der Waals surface area contributed by atoms with E-state index in [1.54, 1.807) is 11.3 Å². The maximum atomic E-state index is 12.6. The summed E-state index contributed by atoms with van der Waals surface area (Å²) in [7, 11) is 0. The van der Waals surface area contributed by atoms with E-state index in [4.69, 9.17) is 9.47 Å². The highest BCUT2D eigenvalue weighted by molar-refractivity contribution is 7.13. The predicted octanol–water partition coefficient (Wildman–Crippen LogP) is 3.39. The fourth-order valence-corrected chi connectivity index (χ4v) is 3.71. The van der Waals surface area contributed by atoms with Gasteiger partial charge in [-0.3, -0.25) is 4.79 Å². The molecule has 2 heterocycles. The van der Waals surface area contributed by atoms with Crippen LogP contribution in [-0.4, -0.2) is 47.7 Å². The third kappa shape index (κ3) is 4.38. The fourth-order valence-electron chi connectivity index (χ4n) is 2.89. The molecule has 3 rings (SSSR count). The van der Waals surface area contributed by atoms with Gasteiger partial charge >= 0.3 is 0 Å². The zero-order valence-electron chi connectivity index (χ0n) is 14.9. The van der Waals surface area contributed by atoms with Crippen molar-refractivity contribution in [1.29, 1.82) is 0 Å². The average Bonchev–Trinajstić information content (AvgIpc) is 3.06. The van der Waals surface area contributed by atoms with Gasteiger partial charge in [-0.1, -0.05) is 0 Å². The van der Waals surface area contributed by atoms with Crippen LogP contribution in [-0.2, 0) is 16.0 Å². The second kappa shape index (κ2) is 7.97. The molecule has 1 aliphatic heterocycles. The van der Waals surface area contributed by atoms with E-state index in [1.807, 2.05) is 55.3 Å². The second-order valence-corrected chi connectivity index (χ2v) is 7.18. The normalized spacial score (nSPS) is 20.5. The standard InChI is InChI=1S/C19H24N2O3S/c1-4-23-17-7-5-15(6-8-17)19-20-16(12-25-19)9-18(22)21-10-14(3)24-11-13(21)2/h5-8,12-14H,4,9-11H2,1-3H3. The van der Waals surface area contributed by atoms with Crippen LogP contribution in [0.3, 0.4) is 0 Å². The Morgan fingerprint density at radius 2 is 2.12 bits per heavy atom. The molecule has 1 aromatic heterocycles. The number of ether oxygens (including phenoxy) is 2. The third-order valence-corrected chi connectivity index (χ3v) is 5.16. The van der Waals surface area contributed by atoms with Gasteiger partial charge in [-0.15, -0.1) is 11.3 Å². The van der Waals surface area contributed by atoms with Gasteiger partial charge in [0.15, 0.2) is 0 Å². The highest BCUT2D eigenvalue weighted by Crippen LogP contribution is 2.26. The summed E-state index contributed by atoms with van der Waals surface area (Å²) in [5, 5.41) is 2.90. The van der Waals surface area contributed by atoms with Gasteiger partial charge in [0.1, 0.15) is 10.8 Å². The number of carbonyl (C=O) groups excluding carboxylic acids is 1. The molecule has 0 radical (unpaired) electrons. The number of thiazole rings is 1. The summed E-state index contributed by atoms with van der Waals surface area (Å²) in [4.78, 5) is 19.1. The van der Waals surface area contributed by atoms with Crippen molar-refractivity contribution in [3.05, 3.63) is 35.3 Å². The minimum absolute atomic E-state index is 0.0926. The Labute approximate surface area is 152 Å². The Hall–Kier alpha value is -1.92. The molecule has 1 saturated heterocycles. The zero-order valence-corrected chi connectivity index (χ0v) is 15.7. The molecule has 1 aliphatic rings. The Kier molecular flexibility index (Phi) is 5.71. The number of nitrogens with zero attached hydrogens (tertiary/aromatic N) is 2. The largest absolute Gasteiger partial charge is 0.494 e. The molecule has 2 unspecified atom stereocenters. The lowest BCUT2D eigenvalue weighted by molar-refractivity contribution is -0.142. The van der Waals surface area contributed by atoms with Gasteiger partial charge in [-0.2, -0.15) is 0 Å². The molecule has 1 fully saturated rings. The number of morpholine rings is 1. The first kappa shape index (κ1) is 17.9. The molecule has 1 amide bonds. The van der Waals surface area contributed by atoms with Gasteiger partial charge in [0.25, 0.3) is 0 Å². The number of benzene rings is 1. The Morgan fingerprint density at radius 3 is 2.84 bits per heavy atom. The van der Waals surface area contributed by atoms with E-state index >= 15 is 0 Å². The first-order valence-electron chi connectivity index (χ1n) is 8.65. The minimum atomic E-state index is 0.0926. The van der Waals surface area contributed by atoms with Gasteiger partial charge in [0, 0.05) is 17.5 Å². The van der Waals surface area contributed by atoms with Crippen molar-refractivity contribution in [3.8, 4) is 16.3 Å². The van der Waals surface area contributed by atoms with E-state index in [2.05, 4.69) is 4.98 Å². The summed E-state index contributed by atoms with van der Waals surface area (Å²) in [6.45, 7) is 7.89. The van der Waals surface area contributed by atoms with Crippen LogP contribution in [0.25, 0.3) is 10.6 Å².